The third kappa shape index (κ3) is 4.33. The fraction of sp³-hybridized carbons (Fsp3) is 0.438. The highest BCUT2D eigenvalue weighted by Gasteiger charge is 2.25. The average molecular weight is 405 g/mol. The molecule has 8 nitrogen and oxygen atoms in total. The summed E-state index contributed by atoms with van der Waals surface area (Å²) in [7, 11) is 1.62. The summed E-state index contributed by atoms with van der Waals surface area (Å²) in [6.45, 7) is 0. The van der Waals surface area contributed by atoms with Crippen molar-refractivity contribution in [1.29, 1.82) is 5.26 Å². The molecule has 1 aliphatic carbocycles. The van der Waals surface area contributed by atoms with E-state index in [1.807, 2.05) is 6.07 Å². The van der Waals surface area contributed by atoms with Crippen LogP contribution in [-0.4, -0.2) is 38.3 Å². The smallest absolute Gasteiger partial charge is 0.293 e. The molecule has 3 rings (SSSR count). The Bertz CT molecular complexity index is 807. The number of nitriles is 1. The van der Waals surface area contributed by atoms with Gasteiger partial charge >= 0.3 is 0 Å². The van der Waals surface area contributed by atoms with E-state index >= 15 is 0 Å². The van der Waals surface area contributed by atoms with Gasteiger partial charge in [-0.3, -0.25) is 4.79 Å². The fourth-order valence-corrected chi connectivity index (χ4v) is 3.25. The molecule has 1 heterocycles. The molecule has 1 aromatic carbocycles. The summed E-state index contributed by atoms with van der Waals surface area (Å²) in [5.41, 5.74) is 0.580. The highest BCUT2D eigenvalue weighted by molar-refractivity contribution is 9.10. The van der Waals surface area contributed by atoms with E-state index in [9.17, 15) is 4.79 Å². The highest BCUT2D eigenvalue weighted by Crippen LogP contribution is 2.27. The molecule has 1 aromatic heterocycles. The molecule has 0 atom stereocenters. The molecule has 1 fully saturated rings. The van der Waals surface area contributed by atoms with E-state index in [1.54, 1.807) is 19.2 Å². The Hall–Kier alpha value is -2.47. The molecular weight excluding hydrogens is 388 g/mol. The number of ether oxygens (including phenoxy) is 1. The predicted octanol–water partition coefficient (Wildman–Crippen LogP) is 1.96. The van der Waals surface area contributed by atoms with Gasteiger partial charge in [0.15, 0.2) is 0 Å². The van der Waals surface area contributed by atoms with Gasteiger partial charge in [-0.05, 0) is 65.0 Å². The molecule has 0 spiro atoms. The lowest BCUT2D eigenvalue weighted by Crippen LogP contribution is -2.40. The summed E-state index contributed by atoms with van der Waals surface area (Å²) in [5.74, 6) is 0.527. The van der Waals surface area contributed by atoms with E-state index in [0.29, 0.717) is 5.56 Å². The SMILES string of the molecule is Cn1nnc(C(=O)NC2CCC(Oc3ccc(C#N)c(Br)c3)CC2)n1. The third-order valence-corrected chi connectivity index (χ3v) is 4.74. The van der Waals surface area contributed by atoms with E-state index < -0.39 is 0 Å². The number of hydrogen-bond acceptors (Lipinski definition) is 6. The molecule has 1 aliphatic rings. The van der Waals surface area contributed by atoms with Crippen LogP contribution in [-0.2, 0) is 7.05 Å². The number of amides is 1. The van der Waals surface area contributed by atoms with Crippen molar-refractivity contribution in [1.82, 2.24) is 25.5 Å². The Labute approximate surface area is 153 Å². The molecule has 2 aromatic rings. The topological polar surface area (TPSA) is 106 Å². The number of nitrogens with zero attached hydrogens (tertiary/aromatic N) is 5. The van der Waals surface area contributed by atoms with Crippen molar-refractivity contribution >= 4 is 21.8 Å². The van der Waals surface area contributed by atoms with E-state index in [-0.39, 0.29) is 23.9 Å². The van der Waals surface area contributed by atoms with Gasteiger partial charge in [0, 0.05) is 10.5 Å². The Morgan fingerprint density at radius 2 is 2.16 bits per heavy atom. The summed E-state index contributed by atoms with van der Waals surface area (Å²) in [6, 6.07) is 7.54. The van der Waals surface area contributed by atoms with Gasteiger partial charge in [-0.25, -0.2) is 0 Å². The molecule has 0 aliphatic heterocycles. The fourth-order valence-electron chi connectivity index (χ4n) is 2.80. The monoisotopic (exact) mass is 404 g/mol. The average Bonchev–Trinajstić information content (AvgIpc) is 3.03. The van der Waals surface area contributed by atoms with Crippen LogP contribution in [0.25, 0.3) is 0 Å². The zero-order chi connectivity index (χ0) is 17.8. The van der Waals surface area contributed by atoms with Gasteiger partial charge in [0.2, 0.25) is 0 Å². The maximum absolute atomic E-state index is 12.0. The predicted molar refractivity (Wildman–Crippen MR) is 91.8 cm³/mol. The first kappa shape index (κ1) is 17.4. The lowest BCUT2D eigenvalue weighted by atomic mass is 9.93. The number of halogens is 1. The van der Waals surface area contributed by atoms with Crippen LogP contribution in [0.1, 0.15) is 41.9 Å². The number of hydrogen-bond donors (Lipinski definition) is 1. The van der Waals surface area contributed by atoms with Crippen LogP contribution < -0.4 is 10.1 Å². The molecule has 0 unspecified atom stereocenters. The first-order chi connectivity index (χ1) is 12.0. The number of nitrogens with one attached hydrogen (secondary N) is 1. The summed E-state index contributed by atoms with van der Waals surface area (Å²) in [5, 5.41) is 23.2. The molecule has 9 heteroatoms. The zero-order valence-electron chi connectivity index (χ0n) is 13.6. The Kier molecular flexibility index (Phi) is 5.28. The quantitative estimate of drug-likeness (QED) is 0.834. The minimum atomic E-state index is -0.298. The second kappa shape index (κ2) is 7.61. The third-order valence-electron chi connectivity index (χ3n) is 4.08. The standard InChI is InChI=1S/C16H17BrN6O2/c1-23-21-15(20-22-23)16(24)19-11-3-6-12(7-4-11)25-13-5-2-10(9-18)14(17)8-13/h2,5,8,11-12H,3-4,6-7H2,1H3,(H,19,24). The number of rotatable bonds is 4. The van der Waals surface area contributed by atoms with E-state index in [4.69, 9.17) is 10.00 Å². The van der Waals surface area contributed by atoms with E-state index in [2.05, 4.69) is 42.7 Å². The van der Waals surface area contributed by atoms with Crippen molar-refractivity contribution < 1.29 is 9.53 Å². The maximum Gasteiger partial charge on any atom is 0.293 e. The molecule has 0 radical (unpaired) electrons. The van der Waals surface area contributed by atoms with Gasteiger partial charge in [0.25, 0.3) is 11.7 Å². The van der Waals surface area contributed by atoms with Gasteiger partial charge in [-0.2, -0.15) is 10.1 Å². The second-order valence-corrected chi connectivity index (χ2v) is 6.78. The molecular formula is C16H17BrN6O2. The molecule has 0 saturated heterocycles. The summed E-state index contributed by atoms with van der Waals surface area (Å²) in [6.07, 6.45) is 3.44. The van der Waals surface area contributed by atoms with Crippen LogP contribution in [0, 0.1) is 11.3 Å². The Morgan fingerprint density at radius 3 is 2.76 bits per heavy atom. The van der Waals surface area contributed by atoms with Gasteiger partial charge in [-0.15, -0.1) is 10.2 Å². The summed E-state index contributed by atoms with van der Waals surface area (Å²) < 4.78 is 6.71. The maximum atomic E-state index is 12.0. The number of aromatic nitrogens is 4. The van der Waals surface area contributed by atoms with Crippen LogP contribution in [0.5, 0.6) is 5.75 Å². The van der Waals surface area contributed by atoms with Crippen molar-refractivity contribution in [2.75, 3.05) is 0 Å². The van der Waals surface area contributed by atoms with Crippen LogP contribution in [0.2, 0.25) is 0 Å². The van der Waals surface area contributed by atoms with E-state index in [0.717, 1.165) is 35.9 Å². The largest absolute Gasteiger partial charge is 0.490 e. The molecule has 25 heavy (non-hydrogen) atoms. The van der Waals surface area contributed by atoms with Crippen molar-refractivity contribution in [3.8, 4) is 11.8 Å². The molecule has 1 amide bonds. The number of tetrazole rings is 1. The number of aryl methyl sites for hydroxylation is 1. The lowest BCUT2D eigenvalue weighted by Gasteiger charge is -2.29. The Balaban J connectivity index is 1.49. The Morgan fingerprint density at radius 1 is 1.40 bits per heavy atom. The second-order valence-electron chi connectivity index (χ2n) is 5.92. The van der Waals surface area contributed by atoms with Gasteiger partial charge in [-0.1, -0.05) is 0 Å². The van der Waals surface area contributed by atoms with Crippen molar-refractivity contribution in [2.45, 2.75) is 37.8 Å². The normalized spacial score (nSPS) is 19.9. The van der Waals surface area contributed by atoms with E-state index in [1.165, 1.54) is 4.80 Å². The first-order valence-corrected chi connectivity index (χ1v) is 8.75. The van der Waals surface area contributed by atoms with Crippen molar-refractivity contribution in [2.24, 2.45) is 7.05 Å². The minimum Gasteiger partial charge on any atom is -0.490 e. The summed E-state index contributed by atoms with van der Waals surface area (Å²) >= 11 is 3.36. The van der Waals surface area contributed by atoms with Gasteiger partial charge in [0.1, 0.15) is 11.8 Å². The van der Waals surface area contributed by atoms with Crippen LogP contribution in [0.3, 0.4) is 0 Å². The van der Waals surface area contributed by atoms with Crippen LogP contribution in [0.4, 0.5) is 0 Å². The van der Waals surface area contributed by atoms with Gasteiger partial charge < -0.3 is 10.1 Å². The highest BCUT2D eigenvalue weighted by atomic mass is 79.9. The zero-order valence-corrected chi connectivity index (χ0v) is 15.2. The minimum absolute atomic E-state index is 0.0864. The van der Waals surface area contributed by atoms with Crippen molar-refractivity contribution in [3.05, 3.63) is 34.1 Å². The number of benzene rings is 1. The molecule has 130 valence electrons. The van der Waals surface area contributed by atoms with Gasteiger partial charge in [0.05, 0.1) is 18.7 Å². The number of carbonyl (C=O) groups is 1. The summed E-state index contributed by atoms with van der Waals surface area (Å²) in [4.78, 5) is 13.3. The lowest BCUT2D eigenvalue weighted by molar-refractivity contribution is 0.0883. The van der Waals surface area contributed by atoms with Crippen LogP contribution in [0.15, 0.2) is 22.7 Å². The molecule has 1 N–H and O–H groups in total. The molecule has 1 saturated carbocycles. The van der Waals surface area contributed by atoms with Crippen LogP contribution >= 0.6 is 15.9 Å². The first-order valence-electron chi connectivity index (χ1n) is 7.96. The molecule has 0 bridgehead atoms. The number of carbonyl (C=O) groups excluding carboxylic acids is 1. The van der Waals surface area contributed by atoms with Crippen molar-refractivity contribution in [3.63, 3.8) is 0 Å².